The lowest BCUT2D eigenvalue weighted by Gasteiger charge is -2.06. The van der Waals surface area contributed by atoms with Crippen molar-refractivity contribution in [3.8, 4) is 0 Å². The van der Waals surface area contributed by atoms with Crippen LogP contribution in [0.3, 0.4) is 0 Å². The van der Waals surface area contributed by atoms with Gasteiger partial charge >= 0.3 is 0 Å². The van der Waals surface area contributed by atoms with Gasteiger partial charge in [-0.05, 0) is 0 Å². The molecule has 1 aliphatic rings. The van der Waals surface area contributed by atoms with Gasteiger partial charge in [0.15, 0.2) is 0 Å². The average Bonchev–Trinajstić information content (AvgIpc) is 1.72. The van der Waals surface area contributed by atoms with Crippen molar-refractivity contribution in [2.45, 2.75) is 6.42 Å². The molecule has 44 valence electrons. The van der Waals surface area contributed by atoms with Crippen LogP contribution in [0.15, 0.2) is 0 Å². The Bertz CT molecular complexity index is 25.7. The molecule has 0 aliphatic carbocycles. The van der Waals surface area contributed by atoms with Crippen LogP contribution in [-0.4, -0.2) is 13.2 Å². The highest BCUT2D eigenvalue weighted by atomic mass is 35.5. The molecule has 1 rings (SSSR count). The summed E-state index contributed by atoms with van der Waals surface area (Å²) in [5, 5.41) is 4.07. The highest BCUT2D eigenvalue weighted by Gasteiger charge is 1.96. The topological polar surface area (TPSA) is 27.7 Å². The predicted octanol–water partition coefficient (Wildman–Crippen LogP) is 0.692. The molecule has 0 spiro atoms. The van der Waals surface area contributed by atoms with Crippen molar-refractivity contribution in [2.24, 2.45) is 0 Å². The van der Waals surface area contributed by atoms with Crippen molar-refractivity contribution in [2.75, 3.05) is 13.2 Å². The fourth-order valence-corrected chi connectivity index (χ4v) is 0.279. The second kappa shape index (κ2) is 4.33. The van der Waals surface area contributed by atoms with Gasteiger partial charge in [0.25, 0.3) is 0 Å². The lowest BCUT2D eigenvalue weighted by atomic mass is 10.5. The zero-order chi connectivity index (χ0) is 4.24. The van der Waals surface area contributed by atoms with Crippen molar-refractivity contribution >= 4 is 12.4 Å². The lowest BCUT2D eigenvalue weighted by Crippen LogP contribution is -2.08. The first-order valence-corrected chi connectivity index (χ1v) is 1.91. The van der Waals surface area contributed by atoms with Crippen molar-refractivity contribution in [1.29, 1.82) is 0 Å². The SMILES string of the molecule is C1COOOC1.Cl. The third kappa shape index (κ3) is 2.82. The monoisotopic (exact) mass is 126 g/mol. The molecule has 0 N–H and O–H groups in total. The quantitative estimate of drug-likeness (QED) is 0.447. The van der Waals surface area contributed by atoms with Gasteiger partial charge in [-0.3, -0.25) is 0 Å². The standard InChI is InChI=1S/C3H6O3.ClH/c1-2-4-6-5-3-1;/h1-3H2;1H. The lowest BCUT2D eigenvalue weighted by molar-refractivity contribution is -0.532. The van der Waals surface area contributed by atoms with Crippen LogP contribution in [-0.2, 0) is 14.8 Å². The van der Waals surface area contributed by atoms with Gasteiger partial charge in [0.05, 0.1) is 13.2 Å². The van der Waals surface area contributed by atoms with E-state index in [4.69, 9.17) is 0 Å². The highest BCUT2D eigenvalue weighted by Crippen LogP contribution is 1.93. The van der Waals surface area contributed by atoms with Crippen LogP contribution in [0.25, 0.3) is 0 Å². The largest absolute Gasteiger partial charge is 0.206 e. The first-order valence-electron chi connectivity index (χ1n) is 1.91. The molecule has 4 heteroatoms. The maximum atomic E-state index is 4.35. The molecule has 0 aromatic heterocycles. The van der Waals surface area contributed by atoms with Crippen LogP contribution in [0.2, 0.25) is 0 Å². The number of hydrogen-bond acceptors (Lipinski definition) is 3. The predicted molar refractivity (Wildman–Crippen MR) is 24.9 cm³/mol. The molecule has 7 heavy (non-hydrogen) atoms. The fourth-order valence-electron chi connectivity index (χ4n) is 0.279. The van der Waals surface area contributed by atoms with Gasteiger partial charge in [0.1, 0.15) is 0 Å². The molecule has 1 aliphatic heterocycles. The summed E-state index contributed by atoms with van der Waals surface area (Å²) in [6.07, 6.45) is 0.931. The minimum Gasteiger partial charge on any atom is -0.206 e. The molecule has 1 fully saturated rings. The molecule has 3 nitrogen and oxygen atoms in total. The summed E-state index contributed by atoms with van der Waals surface area (Å²) >= 11 is 0. The molecule has 0 radical (unpaired) electrons. The van der Waals surface area contributed by atoms with Crippen molar-refractivity contribution < 1.29 is 14.8 Å². The molecule has 1 saturated heterocycles. The Morgan fingerprint density at radius 2 is 1.57 bits per heavy atom. The Kier molecular flexibility index (Phi) is 4.44. The number of hydrogen-bond donors (Lipinski definition) is 0. The molecule has 0 aromatic carbocycles. The molecule has 0 bridgehead atoms. The van der Waals surface area contributed by atoms with E-state index in [0.29, 0.717) is 13.2 Å². The number of halogens is 1. The molecule has 0 aromatic rings. The van der Waals surface area contributed by atoms with Gasteiger partial charge in [-0.15, -0.1) is 12.4 Å². The summed E-state index contributed by atoms with van der Waals surface area (Å²) in [5.74, 6) is 0. The summed E-state index contributed by atoms with van der Waals surface area (Å²) in [5.41, 5.74) is 0. The van der Waals surface area contributed by atoms with E-state index in [-0.39, 0.29) is 12.4 Å². The Balaban J connectivity index is 0.000000360. The summed E-state index contributed by atoms with van der Waals surface area (Å²) in [6.45, 7) is 1.31. The highest BCUT2D eigenvalue weighted by molar-refractivity contribution is 5.85. The van der Waals surface area contributed by atoms with Crippen molar-refractivity contribution in [1.82, 2.24) is 0 Å². The van der Waals surface area contributed by atoms with Crippen molar-refractivity contribution in [3.05, 3.63) is 0 Å². The zero-order valence-electron chi connectivity index (χ0n) is 3.75. The Morgan fingerprint density at radius 1 is 1.00 bits per heavy atom. The summed E-state index contributed by atoms with van der Waals surface area (Å²) in [7, 11) is 0. The van der Waals surface area contributed by atoms with Gasteiger partial charge in [-0.2, -0.15) is 0 Å². The third-order valence-electron chi connectivity index (χ3n) is 0.552. The van der Waals surface area contributed by atoms with E-state index in [1.54, 1.807) is 0 Å². The molecule has 0 amide bonds. The van der Waals surface area contributed by atoms with Gasteiger partial charge < -0.3 is 0 Å². The average molecular weight is 127 g/mol. The van der Waals surface area contributed by atoms with Gasteiger partial charge in [0, 0.05) is 6.42 Å². The molecular formula is C3H7ClO3. The van der Waals surface area contributed by atoms with Crippen molar-refractivity contribution in [3.63, 3.8) is 0 Å². The third-order valence-corrected chi connectivity index (χ3v) is 0.552. The van der Waals surface area contributed by atoms with Crippen LogP contribution < -0.4 is 0 Å². The maximum absolute atomic E-state index is 4.35. The first kappa shape index (κ1) is 7.17. The molecule has 0 saturated carbocycles. The van der Waals surface area contributed by atoms with Crippen LogP contribution >= 0.6 is 12.4 Å². The Labute approximate surface area is 47.8 Å². The van der Waals surface area contributed by atoms with Crippen LogP contribution in [0, 0.1) is 0 Å². The van der Waals surface area contributed by atoms with E-state index >= 15 is 0 Å². The van der Waals surface area contributed by atoms with E-state index in [9.17, 15) is 0 Å². The summed E-state index contributed by atoms with van der Waals surface area (Å²) < 4.78 is 0. The second-order valence-corrected chi connectivity index (χ2v) is 1.07. The van der Waals surface area contributed by atoms with E-state index in [0.717, 1.165) is 6.42 Å². The van der Waals surface area contributed by atoms with Gasteiger partial charge in [0.2, 0.25) is 0 Å². The number of rotatable bonds is 0. The Hall–Kier alpha value is 0.170. The van der Waals surface area contributed by atoms with E-state index in [1.165, 1.54) is 0 Å². The molecule has 0 atom stereocenters. The van der Waals surface area contributed by atoms with Crippen LogP contribution in [0.1, 0.15) is 6.42 Å². The molecular weight excluding hydrogens is 119 g/mol. The zero-order valence-corrected chi connectivity index (χ0v) is 4.57. The van der Waals surface area contributed by atoms with Crippen LogP contribution in [0.4, 0.5) is 0 Å². The smallest absolute Gasteiger partial charge is 0.0877 e. The van der Waals surface area contributed by atoms with Gasteiger partial charge in [-0.25, -0.2) is 9.78 Å². The molecule has 0 unspecified atom stereocenters. The summed E-state index contributed by atoms with van der Waals surface area (Å²) in [6, 6.07) is 0. The van der Waals surface area contributed by atoms with E-state index in [1.807, 2.05) is 0 Å². The first-order chi connectivity index (χ1) is 3.00. The molecule has 1 heterocycles. The summed E-state index contributed by atoms with van der Waals surface area (Å²) in [4.78, 5) is 8.69. The normalized spacial score (nSPS) is 20.6. The second-order valence-electron chi connectivity index (χ2n) is 1.07. The fraction of sp³-hybridized carbons (Fsp3) is 1.00. The maximum Gasteiger partial charge on any atom is 0.0877 e. The Morgan fingerprint density at radius 3 is 1.71 bits per heavy atom. The van der Waals surface area contributed by atoms with Crippen LogP contribution in [0.5, 0.6) is 0 Å². The van der Waals surface area contributed by atoms with Gasteiger partial charge in [-0.1, -0.05) is 5.04 Å². The van der Waals surface area contributed by atoms with E-state index < -0.39 is 0 Å². The van der Waals surface area contributed by atoms with E-state index in [2.05, 4.69) is 14.8 Å². The minimum atomic E-state index is 0. The minimum absolute atomic E-state index is 0.